The van der Waals surface area contributed by atoms with Gasteiger partial charge in [-0.2, -0.15) is 0 Å². The molecule has 1 aliphatic carbocycles. The molecule has 0 radical (unpaired) electrons. The van der Waals surface area contributed by atoms with Crippen LogP contribution in [0.5, 0.6) is 0 Å². The van der Waals surface area contributed by atoms with E-state index in [1.165, 1.54) is 12.1 Å². The quantitative estimate of drug-likeness (QED) is 0.720. The summed E-state index contributed by atoms with van der Waals surface area (Å²) < 4.78 is 24.7. The number of rotatable bonds is 8. The molecule has 1 aromatic carbocycles. The molecule has 0 aromatic heterocycles. The van der Waals surface area contributed by atoms with Crippen LogP contribution in [0.4, 0.5) is 8.78 Å². The van der Waals surface area contributed by atoms with Crippen LogP contribution in [0.2, 0.25) is 0 Å². The zero-order valence-electron chi connectivity index (χ0n) is 11.4. The van der Waals surface area contributed by atoms with Gasteiger partial charge in [-0.05, 0) is 31.4 Å². The van der Waals surface area contributed by atoms with Crippen LogP contribution in [0, 0.1) is 0 Å². The predicted molar refractivity (Wildman–Crippen MR) is 73.5 cm³/mol. The Bertz CT molecular complexity index is 430. The molecule has 0 bridgehead atoms. The third-order valence-electron chi connectivity index (χ3n) is 3.26. The Kier molecular flexibility index (Phi) is 5.47. The number of benzene rings is 1. The van der Waals surface area contributed by atoms with Crippen molar-refractivity contribution in [3.8, 4) is 0 Å². The first-order valence-corrected chi connectivity index (χ1v) is 7.02. The molecule has 0 atom stereocenters. The van der Waals surface area contributed by atoms with Gasteiger partial charge in [0.05, 0.1) is 0 Å². The highest BCUT2D eigenvalue weighted by Gasteiger charge is 2.22. The molecule has 20 heavy (non-hydrogen) atoms. The van der Waals surface area contributed by atoms with Gasteiger partial charge in [-0.3, -0.25) is 4.79 Å². The first-order chi connectivity index (χ1) is 9.65. The van der Waals surface area contributed by atoms with Gasteiger partial charge in [-0.25, -0.2) is 8.78 Å². The fourth-order valence-corrected chi connectivity index (χ4v) is 1.92. The minimum absolute atomic E-state index is 0.0468. The first-order valence-electron chi connectivity index (χ1n) is 7.02. The summed E-state index contributed by atoms with van der Waals surface area (Å²) in [4.78, 5) is 11.4. The highest BCUT2D eigenvalue weighted by Crippen LogP contribution is 2.19. The molecule has 0 aliphatic heterocycles. The van der Waals surface area contributed by atoms with Crippen molar-refractivity contribution in [3.05, 3.63) is 35.4 Å². The van der Waals surface area contributed by atoms with Crippen molar-refractivity contribution in [3.63, 3.8) is 0 Å². The van der Waals surface area contributed by atoms with Gasteiger partial charge in [0.1, 0.15) is 0 Å². The fourth-order valence-electron chi connectivity index (χ4n) is 1.92. The average molecular weight is 282 g/mol. The number of hydrogen-bond donors (Lipinski definition) is 2. The summed E-state index contributed by atoms with van der Waals surface area (Å²) in [5.41, 5.74) is 1.02. The number of amides is 1. The molecule has 1 saturated carbocycles. The fraction of sp³-hybridized carbons (Fsp3) is 0.533. The number of nitrogens with one attached hydrogen (secondary N) is 2. The highest BCUT2D eigenvalue weighted by molar-refractivity contribution is 5.76. The summed E-state index contributed by atoms with van der Waals surface area (Å²) in [5.74, 6) is 0.121. The third-order valence-corrected chi connectivity index (χ3v) is 3.26. The molecule has 110 valence electrons. The largest absolute Gasteiger partial charge is 0.353 e. The van der Waals surface area contributed by atoms with E-state index in [4.69, 9.17) is 0 Å². The van der Waals surface area contributed by atoms with Crippen LogP contribution < -0.4 is 10.6 Å². The van der Waals surface area contributed by atoms with E-state index in [1.807, 2.05) is 0 Å². The second-order valence-corrected chi connectivity index (χ2v) is 5.16. The monoisotopic (exact) mass is 282 g/mol. The second-order valence-electron chi connectivity index (χ2n) is 5.16. The van der Waals surface area contributed by atoms with Gasteiger partial charge in [-0.1, -0.05) is 24.3 Å². The summed E-state index contributed by atoms with van der Waals surface area (Å²) in [5, 5.41) is 6.15. The maximum atomic E-state index is 12.4. The summed E-state index contributed by atoms with van der Waals surface area (Å²) in [7, 11) is 0. The van der Waals surface area contributed by atoms with Crippen molar-refractivity contribution >= 4 is 5.91 Å². The number of hydrogen-bond acceptors (Lipinski definition) is 2. The first kappa shape index (κ1) is 14.9. The SMILES string of the molecule is O=C(CCCNCc1ccc(C(F)F)cc1)NC1CC1. The zero-order valence-corrected chi connectivity index (χ0v) is 11.4. The van der Waals surface area contributed by atoms with Gasteiger partial charge in [0, 0.05) is 24.6 Å². The van der Waals surface area contributed by atoms with Crippen molar-refractivity contribution in [1.29, 1.82) is 0 Å². The molecule has 3 nitrogen and oxygen atoms in total. The van der Waals surface area contributed by atoms with Gasteiger partial charge in [0.25, 0.3) is 6.43 Å². The van der Waals surface area contributed by atoms with Crippen LogP contribution in [0.1, 0.15) is 43.2 Å². The van der Waals surface area contributed by atoms with Crippen LogP contribution in [0.15, 0.2) is 24.3 Å². The Morgan fingerprint density at radius 2 is 1.95 bits per heavy atom. The lowest BCUT2D eigenvalue weighted by Crippen LogP contribution is -2.26. The van der Waals surface area contributed by atoms with Crippen molar-refractivity contribution < 1.29 is 13.6 Å². The van der Waals surface area contributed by atoms with E-state index in [-0.39, 0.29) is 11.5 Å². The van der Waals surface area contributed by atoms with E-state index in [0.717, 1.165) is 31.4 Å². The minimum atomic E-state index is -2.41. The lowest BCUT2D eigenvalue weighted by molar-refractivity contribution is -0.121. The molecule has 0 saturated heterocycles. The Hall–Kier alpha value is -1.49. The van der Waals surface area contributed by atoms with Crippen LogP contribution in [0.3, 0.4) is 0 Å². The Balaban J connectivity index is 1.57. The van der Waals surface area contributed by atoms with E-state index in [2.05, 4.69) is 10.6 Å². The number of carbonyl (C=O) groups excluding carboxylic acids is 1. The van der Waals surface area contributed by atoms with E-state index in [9.17, 15) is 13.6 Å². The predicted octanol–water partition coefficient (Wildman–Crippen LogP) is 2.77. The van der Waals surface area contributed by atoms with Crippen molar-refractivity contribution in [2.45, 2.75) is 44.7 Å². The lowest BCUT2D eigenvalue weighted by atomic mass is 10.1. The van der Waals surface area contributed by atoms with E-state index in [1.54, 1.807) is 12.1 Å². The molecule has 2 N–H and O–H groups in total. The molecule has 5 heteroatoms. The van der Waals surface area contributed by atoms with Gasteiger partial charge >= 0.3 is 0 Å². The topological polar surface area (TPSA) is 41.1 Å². The molecule has 1 aliphatic rings. The Labute approximate surface area is 117 Å². The van der Waals surface area contributed by atoms with Crippen LogP contribution in [-0.2, 0) is 11.3 Å². The smallest absolute Gasteiger partial charge is 0.263 e. The number of halogens is 2. The summed E-state index contributed by atoms with van der Waals surface area (Å²) in [6.07, 6.45) is 1.13. The standard InChI is InChI=1S/C15H20F2N2O/c16-15(17)12-5-3-11(4-6-12)10-18-9-1-2-14(20)19-13-7-8-13/h3-6,13,15,18H,1-2,7-10H2,(H,19,20). The minimum Gasteiger partial charge on any atom is -0.353 e. The van der Waals surface area contributed by atoms with Crippen LogP contribution >= 0.6 is 0 Å². The Morgan fingerprint density at radius 3 is 2.55 bits per heavy atom. The van der Waals surface area contributed by atoms with Gasteiger partial charge in [0.15, 0.2) is 0 Å². The normalized spacial score (nSPS) is 14.6. The summed E-state index contributed by atoms with van der Waals surface area (Å²) >= 11 is 0. The second kappa shape index (κ2) is 7.33. The molecule has 1 amide bonds. The molecule has 0 unspecified atom stereocenters. The van der Waals surface area contributed by atoms with E-state index in [0.29, 0.717) is 19.0 Å². The zero-order chi connectivity index (χ0) is 14.4. The van der Waals surface area contributed by atoms with Crippen LogP contribution in [0.25, 0.3) is 0 Å². The van der Waals surface area contributed by atoms with E-state index < -0.39 is 6.43 Å². The van der Waals surface area contributed by atoms with E-state index >= 15 is 0 Å². The molecule has 0 spiro atoms. The molecular weight excluding hydrogens is 262 g/mol. The average Bonchev–Trinajstić information content (AvgIpc) is 3.22. The van der Waals surface area contributed by atoms with Gasteiger partial charge < -0.3 is 10.6 Å². The lowest BCUT2D eigenvalue weighted by Gasteiger charge is -2.06. The molecule has 0 heterocycles. The van der Waals surface area contributed by atoms with Gasteiger partial charge in [-0.15, -0.1) is 0 Å². The molecule has 1 fully saturated rings. The van der Waals surface area contributed by atoms with Crippen molar-refractivity contribution in [2.75, 3.05) is 6.54 Å². The highest BCUT2D eigenvalue weighted by atomic mass is 19.3. The molecule has 2 rings (SSSR count). The number of alkyl halides is 2. The number of carbonyl (C=O) groups is 1. The molecular formula is C15H20F2N2O. The summed E-state index contributed by atoms with van der Waals surface area (Å²) in [6, 6.07) is 6.72. The third kappa shape index (κ3) is 5.25. The van der Waals surface area contributed by atoms with Gasteiger partial charge in [0.2, 0.25) is 5.91 Å². The Morgan fingerprint density at radius 1 is 1.25 bits per heavy atom. The van der Waals surface area contributed by atoms with Crippen molar-refractivity contribution in [1.82, 2.24) is 10.6 Å². The molecule has 1 aromatic rings. The van der Waals surface area contributed by atoms with Crippen LogP contribution in [-0.4, -0.2) is 18.5 Å². The maximum absolute atomic E-state index is 12.4. The maximum Gasteiger partial charge on any atom is 0.263 e. The summed E-state index contributed by atoms with van der Waals surface area (Å²) in [6.45, 7) is 1.38. The van der Waals surface area contributed by atoms with Crippen molar-refractivity contribution in [2.24, 2.45) is 0 Å².